The lowest BCUT2D eigenvalue weighted by Crippen LogP contribution is -2.23. The Balaban J connectivity index is 1.70. The van der Waals surface area contributed by atoms with Crippen LogP contribution < -0.4 is 15.4 Å². The van der Waals surface area contributed by atoms with E-state index in [0.29, 0.717) is 29.1 Å². The van der Waals surface area contributed by atoms with Crippen molar-refractivity contribution in [3.8, 4) is 5.75 Å². The number of carbonyl (C=O) groups is 2. The maximum absolute atomic E-state index is 12.6. The van der Waals surface area contributed by atoms with Gasteiger partial charge in [0.15, 0.2) is 0 Å². The maximum atomic E-state index is 12.6. The lowest BCUT2D eigenvalue weighted by molar-refractivity contribution is 0.0951. The molecule has 5 nitrogen and oxygen atoms in total. The van der Waals surface area contributed by atoms with E-state index in [1.165, 1.54) is 0 Å². The summed E-state index contributed by atoms with van der Waals surface area (Å²) in [5.41, 5.74) is 3.58. The van der Waals surface area contributed by atoms with Crippen LogP contribution in [-0.4, -0.2) is 18.9 Å². The number of aryl methyl sites for hydroxylation is 1. The van der Waals surface area contributed by atoms with E-state index in [0.717, 1.165) is 11.1 Å². The standard InChI is InChI=1S/C23H22N2O3/c1-16-8-3-4-9-19(16)15-24-22(26)17-10-7-11-18(14-17)23(27)25-20-12-5-6-13-21(20)28-2/h3-14H,15H2,1-2H3,(H,24,26)(H,25,27). The Morgan fingerprint density at radius 3 is 2.29 bits per heavy atom. The fourth-order valence-electron chi connectivity index (χ4n) is 2.83. The van der Waals surface area contributed by atoms with Crippen LogP contribution in [-0.2, 0) is 6.54 Å². The molecule has 0 spiro atoms. The van der Waals surface area contributed by atoms with E-state index in [4.69, 9.17) is 4.74 Å². The number of carbonyl (C=O) groups excluding carboxylic acids is 2. The summed E-state index contributed by atoms with van der Waals surface area (Å²) in [6, 6.07) is 21.7. The highest BCUT2D eigenvalue weighted by Crippen LogP contribution is 2.23. The predicted molar refractivity (Wildman–Crippen MR) is 110 cm³/mol. The van der Waals surface area contributed by atoms with Crippen LogP contribution in [0.1, 0.15) is 31.8 Å². The van der Waals surface area contributed by atoms with Crippen molar-refractivity contribution in [1.82, 2.24) is 5.32 Å². The zero-order valence-corrected chi connectivity index (χ0v) is 15.9. The minimum absolute atomic E-state index is 0.227. The molecule has 0 atom stereocenters. The van der Waals surface area contributed by atoms with Crippen molar-refractivity contribution in [3.63, 3.8) is 0 Å². The van der Waals surface area contributed by atoms with E-state index in [9.17, 15) is 9.59 Å². The number of anilines is 1. The molecule has 5 heteroatoms. The minimum atomic E-state index is -0.307. The molecule has 28 heavy (non-hydrogen) atoms. The number of methoxy groups -OCH3 is 1. The molecule has 2 amide bonds. The average Bonchev–Trinajstić information content (AvgIpc) is 2.73. The Morgan fingerprint density at radius 2 is 1.54 bits per heavy atom. The first-order valence-electron chi connectivity index (χ1n) is 8.95. The van der Waals surface area contributed by atoms with Crippen LogP contribution in [0.15, 0.2) is 72.8 Å². The summed E-state index contributed by atoms with van der Waals surface area (Å²) in [6.45, 7) is 2.44. The van der Waals surface area contributed by atoms with Crippen LogP contribution >= 0.6 is 0 Å². The van der Waals surface area contributed by atoms with Crippen molar-refractivity contribution < 1.29 is 14.3 Å². The van der Waals surface area contributed by atoms with E-state index in [1.807, 2.05) is 43.3 Å². The highest BCUT2D eigenvalue weighted by Gasteiger charge is 2.12. The van der Waals surface area contributed by atoms with Gasteiger partial charge in [0.05, 0.1) is 12.8 Å². The van der Waals surface area contributed by atoms with Crippen LogP contribution in [0.2, 0.25) is 0 Å². The molecule has 0 fully saturated rings. The van der Waals surface area contributed by atoms with Gasteiger partial charge in [-0.1, -0.05) is 42.5 Å². The third-order valence-corrected chi connectivity index (χ3v) is 4.44. The molecule has 0 bridgehead atoms. The Labute approximate surface area is 164 Å². The molecular formula is C23H22N2O3. The van der Waals surface area contributed by atoms with Gasteiger partial charge in [-0.3, -0.25) is 9.59 Å². The van der Waals surface area contributed by atoms with Crippen molar-refractivity contribution in [2.24, 2.45) is 0 Å². The lowest BCUT2D eigenvalue weighted by Gasteiger charge is -2.11. The summed E-state index contributed by atoms with van der Waals surface area (Å²) in [5, 5.41) is 5.71. The molecule has 0 saturated carbocycles. The number of hydrogen-bond donors (Lipinski definition) is 2. The Morgan fingerprint density at radius 1 is 0.857 bits per heavy atom. The van der Waals surface area contributed by atoms with Crippen molar-refractivity contribution in [3.05, 3.63) is 95.1 Å². The Kier molecular flexibility index (Phi) is 6.07. The summed E-state index contributed by atoms with van der Waals surface area (Å²) >= 11 is 0. The van der Waals surface area contributed by atoms with Gasteiger partial charge in [0.2, 0.25) is 0 Å². The number of nitrogens with one attached hydrogen (secondary N) is 2. The number of amides is 2. The Bertz CT molecular complexity index is 998. The molecule has 0 heterocycles. The first kappa shape index (κ1) is 19.2. The summed E-state index contributed by atoms with van der Waals surface area (Å²) in [7, 11) is 1.55. The van der Waals surface area contributed by atoms with Gasteiger partial charge in [-0.25, -0.2) is 0 Å². The number of hydrogen-bond acceptors (Lipinski definition) is 3. The molecule has 0 aliphatic carbocycles. The highest BCUT2D eigenvalue weighted by molar-refractivity contribution is 6.06. The topological polar surface area (TPSA) is 67.4 Å². The average molecular weight is 374 g/mol. The molecule has 2 N–H and O–H groups in total. The van der Waals surface area contributed by atoms with Crippen LogP contribution in [0, 0.1) is 6.92 Å². The number of para-hydroxylation sites is 2. The fraction of sp³-hybridized carbons (Fsp3) is 0.130. The van der Waals surface area contributed by atoms with Crippen molar-refractivity contribution in [1.29, 1.82) is 0 Å². The second kappa shape index (κ2) is 8.86. The number of benzene rings is 3. The molecule has 0 aromatic heterocycles. The van der Waals surface area contributed by atoms with Gasteiger partial charge in [0, 0.05) is 17.7 Å². The van der Waals surface area contributed by atoms with Crippen molar-refractivity contribution in [2.45, 2.75) is 13.5 Å². The summed E-state index contributed by atoms with van der Waals surface area (Å²) in [4.78, 5) is 25.1. The molecule has 0 aliphatic rings. The van der Waals surface area contributed by atoms with Gasteiger partial charge < -0.3 is 15.4 Å². The van der Waals surface area contributed by atoms with Gasteiger partial charge in [-0.2, -0.15) is 0 Å². The normalized spacial score (nSPS) is 10.2. The van der Waals surface area contributed by atoms with E-state index in [-0.39, 0.29) is 11.8 Å². The largest absolute Gasteiger partial charge is 0.495 e. The summed E-state index contributed by atoms with van der Waals surface area (Å²) < 4.78 is 5.25. The SMILES string of the molecule is COc1ccccc1NC(=O)c1cccc(C(=O)NCc2ccccc2C)c1. The van der Waals surface area contributed by atoms with Gasteiger partial charge >= 0.3 is 0 Å². The van der Waals surface area contributed by atoms with E-state index < -0.39 is 0 Å². The lowest BCUT2D eigenvalue weighted by atomic mass is 10.1. The third kappa shape index (κ3) is 4.57. The van der Waals surface area contributed by atoms with Crippen LogP contribution in [0.3, 0.4) is 0 Å². The molecule has 3 aromatic rings. The quantitative estimate of drug-likeness (QED) is 0.680. The second-order valence-electron chi connectivity index (χ2n) is 6.34. The highest BCUT2D eigenvalue weighted by atomic mass is 16.5. The van der Waals surface area contributed by atoms with Gasteiger partial charge in [-0.05, 0) is 48.4 Å². The molecule has 0 aliphatic heterocycles. The summed E-state index contributed by atoms with van der Waals surface area (Å²) in [5.74, 6) is 0.0382. The molecular weight excluding hydrogens is 352 g/mol. The molecule has 142 valence electrons. The molecule has 3 aromatic carbocycles. The van der Waals surface area contributed by atoms with Crippen molar-refractivity contribution >= 4 is 17.5 Å². The third-order valence-electron chi connectivity index (χ3n) is 4.44. The zero-order chi connectivity index (χ0) is 19.9. The maximum Gasteiger partial charge on any atom is 0.255 e. The van der Waals surface area contributed by atoms with Gasteiger partial charge in [-0.15, -0.1) is 0 Å². The number of rotatable bonds is 6. The van der Waals surface area contributed by atoms with E-state index >= 15 is 0 Å². The van der Waals surface area contributed by atoms with E-state index in [1.54, 1.807) is 43.5 Å². The van der Waals surface area contributed by atoms with Gasteiger partial charge in [0.25, 0.3) is 11.8 Å². The fourth-order valence-corrected chi connectivity index (χ4v) is 2.83. The molecule has 3 rings (SSSR count). The first-order valence-corrected chi connectivity index (χ1v) is 8.95. The van der Waals surface area contributed by atoms with Crippen LogP contribution in [0.25, 0.3) is 0 Å². The summed E-state index contributed by atoms with van der Waals surface area (Å²) in [6.07, 6.45) is 0. The smallest absolute Gasteiger partial charge is 0.255 e. The molecule has 0 saturated heterocycles. The predicted octanol–water partition coefficient (Wildman–Crippen LogP) is 4.19. The molecule has 0 unspecified atom stereocenters. The number of ether oxygens (including phenoxy) is 1. The second-order valence-corrected chi connectivity index (χ2v) is 6.34. The van der Waals surface area contributed by atoms with Gasteiger partial charge in [0.1, 0.15) is 5.75 Å². The van der Waals surface area contributed by atoms with Crippen molar-refractivity contribution in [2.75, 3.05) is 12.4 Å². The van der Waals surface area contributed by atoms with Crippen LogP contribution in [0.5, 0.6) is 5.75 Å². The monoisotopic (exact) mass is 374 g/mol. The van der Waals surface area contributed by atoms with E-state index in [2.05, 4.69) is 10.6 Å². The minimum Gasteiger partial charge on any atom is -0.495 e. The van der Waals surface area contributed by atoms with Crippen LogP contribution in [0.4, 0.5) is 5.69 Å². The Hall–Kier alpha value is -3.60. The zero-order valence-electron chi connectivity index (χ0n) is 15.9. The molecule has 0 radical (unpaired) electrons. The first-order chi connectivity index (χ1) is 13.6.